The van der Waals surface area contributed by atoms with Crippen molar-refractivity contribution >= 4 is 5.91 Å². The summed E-state index contributed by atoms with van der Waals surface area (Å²) in [6.45, 7) is 4.84. The topological polar surface area (TPSA) is 29.5 Å². The molecule has 1 aliphatic rings. The minimum atomic E-state index is -0.0464. The molecule has 1 aromatic rings. The average Bonchev–Trinajstić information content (AvgIpc) is 2.36. The van der Waals surface area contributed by atoms with Crippen LogP contribution in [0.4, 0.5) is 0 Å². The van der Waals surface area contributed by atoms with Crippen LogP contribution in [0.25, 0.3) is 0 Å². The lowest BCUT2D eigenvalue weighted by Crippen LogP contribution is -2.36. The van der Waals surface area contributed by atoms with Gasteiger partial charge in [0.1, 0.15) is 12.4 Å². The van der Waals surface area contributed by atoms with Crippen molar-refractivity contribution < 1.29 is 9.53 Å². The highest BCUT2D eigenvalue weighted by Gasteiger charge is 2.27. The average molecular weight is 247 g/mol. The van der Waals surface area contributed by atoms with E-state index in [1.807, 2.05) is 6.07 Å². The van der Waals surface area contributed by atoms with Crippen LogP contribution in [0.2, 0.25) is 0 Å². The van der Waals surface area contributed by atoms with Crippen LogP contribution in [0.15, 0.2) is 18.2 Å². The molecule has 0 aliphatic carbocycles. The Hall–Kier alpha value is -1.51. The fraction of sp³-hybridized carbons (Fsp3) is 0.533. The van der Waals surface area contributed by atoms with Crippen LogP contribution in [0, 0.1) is 5.92 Å². The first-order valence-corrected chi connectivity index (χ1v) is 6.46. The second kappa shape index (κ2) is 5.01. The van der Waals surface area contributed by atoms with Gasteiger partial charge in [-0.05, 0) is 29.5 Å². The number of benzene rings is 1. The Morgan fingerprint density at radius 2 is 2.11 bits per heavy atom. The van der Waals surface area contributed by atoms with Crippen LogP contribution >= 0.6 is 0 Å². The number of carbonyl (C=O) groups is 1. The molecule has 3 heteroatoms. The largest absolute Gasteiger partial charge is 0.492 e. The fourth-order valence-electron chi connectivity index (χ4n) is 2.30. The summed E-state index contributed by atoms with van der Waals surface area (Å²) in [6.07, 6.45) is 0.785. The molecule has 0 unspecified atom stereocenters. The Morgan fingerprint density at radius 1 is 1.39 bits per heavy atom. The van der Waals surface area contributed by atoms with Gasteiger partial charge >= 0.3 is 0 Å². The van der Waals surface area contributed by atoms with Gasteiger partial charge in [0.05, 0.1) is 5.92 Å². The lowest BCUT2D eigenvalue weighted by molar-refractivity contribution is -0.134. The lowest BCUT2D eigenvalue weighted by atomic mass is 9.92. The first-order valence-electron chi connectivity index (χ1n) is 6.46. The van der Waals surface area contributed by atoms with Gasteiger partial charge in [-0.2, -0.15) is 0 Å². The molecule has 0 fully saturated rings. The van der Waals surface area contributed by atoms with Gasteiger partial charge in [0, 0.05) is 14.1 Å². The minimum absolute atomic E-state index is 0.0464. The summed E-state index contributed by atoms with van der Waals surface area (Å²) >= 11 is 0. The van der Waals surface area contributed by atoms with Gasteiger partial charge < -0.3 is 9.64 Å². The molecule has 0 spiro atoms. The molecule has 1 aliphatic heterocycles. The van der Waals surface area contributed by atoms with E-state index in [1.54, 1.807) is 19.0 Å². The van der Waals surface area contributed by atoms with Gasteiger partial charge in [-0.1, -0.05) is 26.0 Å². The van der Waals surface area contributed by atoms with Crippen molar-refractivity contribution in [3.8, 4) is 5.75 Å². The van der Waals surface area contributed by atoms with E-state index in [2.05, 4.69) is 26.0 Å². The van der Waals surface area contributed by atoms with Gasteiger partial charge in [0.2, 0.25) is 5.91 Å². The van der Waals surface area contributed by atoms with Crippen LogP contribution in [0.3, 0.4) is 0 Å². The van der Waals surface area contributed by atoms with Gasteiger partial charge in [-0.25, -0.2) is 0 Å². The number of ether oxygens (including phenoxy) is 1. The fourth-order valence-corrected chi connectivity index (χ4v) is 2.30. The molecule has 0 N–H and O–H groups in total. The molecule has 2 rings (SSSR count). The number of carbonyl (C=O) groups excluding carboxylic acids is 1. The third kappa shape index (κ3) is 2.50. The van der Waals surface area contributed by atoms with Crippen molar-refractivity contribution in [3.05, 3.63) is 29.3 Å². The Morgan fingerprint density at radius 3 is 2.72 bits per heavy atom. The maximum atomic E-state index is 12.0. The summed E-state index contributed by atoms with van der Waals surface area (Å²) in [5.41, 5.74) is 2.46. The quantitative estimate of drug-likeness (QED) is 0.803. The number of hydrogen-bond donors (Lipinski definition) is 0. The lowest BCUT2D eigenvalue weighted by Gasteiger charge is -2.27. The summed E-state index contributed by atoms with van der Waals surface area (Å²) in [4.78, 5) is 13.6. The van der Waals surface area contributed by atoms with Crippen molar-refractivity contribution in [2.75, 3.05) is 20.7 Å². The van der Waals surface area contributed by atoms with E-state index in [-0.39, 0.29) is 11.8 Å². The zero-order chi connectivity index (χ0) is 13.3. The predicted molar refractivity (Wildman–Crippen MR) is 71.9 cm³/mol. The van der Waals surface area contributed by atoms with Gasteiger partial charge in [-0.15, -0.1) is 0 Å². The van der Waals surface area contributed by atoms with Crippen molar-refractivity contribution in [2.24, 2.45) is 5.92 Å². The number of fused-ring (bicyclic) bond motifs is 1. The highest BCUT2D eigenvalue weighted by molar-refractivity contribution is 5.79. The maximum absolute atomic E-state index is 12.0. The first kappa shape index (κ1) is 12.9. The maximum Gasteiger partial charge on any atom is 0.228 e. The summed E-state index contributed by atoms with van der Waals surface area (Å²) in [7, 11) is 3.59. The molecule has 0 saturated carbocycles. The minimum Gasteiger partial charge on any atom is -0.492 e. The Labute approximate surface area is 109 Å². The molecular weight excluding hydrogens is 226 g/mol. The molecule has 1 amide bonds. The van der Waals surface area contributed by atoms with E-state index >= 15 is 0 Å². The standard InChI is InChI=1S/C15H21NO2/c1-10(2)11-5-6-14-12(7-11)8-13(9-18-14)15(17)16(3)4/h5-7,10,13H,8-9H2,1-4H3/t13-/m0/s1. The summed E-state index contributed by atoms with van der Waals surface area (Å²) < 4.78 is 5.69. The van der Waals surface area contributed by atoms with Crippen LogP contribution in [-0.4, -0.2) is 31.5 Å². The van der Waals surface area contributed by atoms with Gasteiger partial charge in [0.15, 0.2) is 0 Å². The third-order valence-corrected chi connectivity index (χ3v) is 3.45. The SMILES string of the molecule is CC(C)c1ccc2c(c1)C[C@H](C(=O)N(C)C)CO2. The van der Waals surface area contributed by atoms with Crippen LogP contribution in [0.1, 0.15) is 30.9 Å². The van der Waals surface area contributed by atoms with E-state index in [0.717, 1.165) is 17.7 Å². The number of rotatable bonds is 2. The zero-order valence-corrected chi connectivity index (χ0v) is 11.6. The molecule has 0 bridgehead atoms. The van der Waals surface area contributed by atoms with E-state index in [1.165, 1.54) is 5.56 Å². The van der Waals surface area contributed by atoms with E-state index < -0.39 is 0 Å². The molecule has 0 aromatic heterocycles. The van der Waals surface area contributed by atoms with E-state index in [9.17, 15) is 4.79 Å². The van der Waals surface area contributed by atoms with Crippen LogP contribution < -0.4 is 4.74 Å². The van der Waals surface area contributed by atoms with E-state index in [4.69, 9.17) is 4.74 Å². The van der Waals surface area contributed by atoms with Crippen LogP contribution in [-0.2, 0) is 11.2 Å². The number of hydrogen-bond acceptors (Lipinski definition) is 2. The smallest absolute Gasteiger partial charge is 0.228 e. The van der Waals surface area contributed by atoms with Crippen molar-refractivity contribution in [2.45, 2.75) is 26.2 Å². The molecule has 18 heavy (non-hydrogen) atoms. The predicted octanol–water partition coefficient (Wildman–Crippen LogP) is 2.45. The summed E-state index contributed by atoms with van der Waals surface area (Å²) in [6, 6.07) is 6.31. The molecule has 1 atom stereocenters. The molecule has 98 valence electrons. The summed E-state index contributed by atoms with van der Waals surface area (Å²) in [5.74, 6) is 1.54. The number of nitrogens with zero attached hydrogens (tertiary/aromatic N) is 1. The highest BCUT2D eigenvalue weighted by atomic mass is 16.5. The molecular formula is C15H21NO2. The summed E-state index contributed by atoms with van der Waals surface area (Å²) in [5, 5.41) is 0. The second-order valence-corrected chi connectivity index (χ2v) is 5.47. The highest BCUT2D eigenvalue weighted by Crippen LogP contribution is 2.30. The van der Waals surface area contributed by atoms with Gasteiger partial charge in [0.25, 0.3) is 0 Å². The first-order chi connectivity index (χ1) is 8.49. The van der Waals surface area contributed by atoms with Gasteiger partial charge in [-0.3, -0.25) is 4.79 Å². The van der Waals surface area contributed by atoms with Crippen molar-refractivity contribution in [3.63, 3.8) is 0 Å². The molecule has 0 saturated heterocycles. The monoisotopic (exact) mass is 247 g/mol. The number of amides is 1. The normalized spacial score (nSPS) is 18.2. The van der Waals surface area contributed by atoms with Crippen molar-refractivity contribution in [1.29, 1.82) is 0 Å². The second-order valence-electron chi connectivity index (χ2n) is 5.47. The van der Waals surface area contributed by atoms with Crippen molar-refractivity contribution in [1.82, 2.24) is 4.90 Å². The van der Waals surface area contributed by atoms with E-state index in [0.29, 0.717) is 12.5 Å². The molecule has 0 radical (unpaired) electrons. The van der Waals surface area contributed by atoms with Crippen LogP contribution in [0.5, 0.6) is 5.75 Å². The zero-order valence-electron chi connectivity index (χ0n) is 11.6. The molecule has 1 aromatic carbocycles. The molecule has 1 heterocycles. The Kier molecular flexibility index (Phi) is 3.60. The Balaban J connectivity index is 2.22. The molecule has 3 nitrogen and oxygen atoms in total. The third-order valence-electron chi connectivity index (χ3n) is 3.45. The Bertz CT molecular complexity index is 452.